The predicted octanol–water partition coefficient (Wildman–Crippen LogP) is 4.54. The Kier molecular flexibility index (Phi) is 3.48. The van der Waals surface area contributed by atoms with Gasteiger partial charge < -0.3 is 5.32 Å². The summed E-state index contributed by atoms with van der Waals surface area (Å²) in [7, 11) is 0. The number of hydrogen-bond donors (Lipinski definition) is 1. The molecule has 1 N–H and O–H groups in total. The highest BCUT2D eigenvalue weighted by Gasteiger charge is 2.09. The highest BCUT2D eigenvalue weighted by atomic mass is 15.2. The largest absolute Gasteiger partial charge is 0.325 e. The molecule has 21 heavy (non-hydrogen) atoms. The highest BCUT2D eigenvalue weighted by Crippen LogP contribution is 2.22. The van der Waals surface area contributed by atoms with Gasteiger partial charge in [0.1, 0.15) is 0 Å². The number of rotatable bonds is 3. The molecule has 0 bridgehead atoms. The molecule has 106 valence electrons. The number of nitrogens with one attached hydrogen (secondary N) is 1. The maximum absolute atomic E-state index is 4.48. The standard InChI is InChI=1S/C18H19N3/c1-13-4-8-16(9-5-13)20-18-19-12-15(3)21(18)17-10-6-14(2)7-11-17/h4-12H,1-3H3,(H,19,20). The summed E-state index contributed by atoms with van der Waals surface area (Å²) >= 11 is 0. The Labute approximate surface area is 125 Å². The van der Waals surface area contributed by atoms with Crippen LogP contribution in [-0.2, 0) is 0 Å². The fourth-order valence-electron chi connectivity index (χ4n) is 2.31. The van der Waals surface area contributed by atoms with E-state index < -0.39 is 0 Å². The maximum atomic E-state index is 4.48. The molecule has 3 heteroatoms. The smallest absolute Gasteiger partial charge is 0.212 e. The molecule has 0 saturated carbocycles. The lowest BCUT2D eigenvalue weighted by molar-refractivity contribution is 1.01. The topological polar surface area (TPSA) is 29.9 Å². The molecule has 3 rings (SSSR count). The van der Waals surface area contributed by atoms with Gasteiger partial charge >= 0.3 is 0 Å². The van der Waals surface area contributed by atoms with Crippen molar-refractivity contribution >= 4 is 11.6 Å². The second-order valence-electron chi connectivity index (χ2n) is 5.39. The molecule has 0 aliphatic heterocycles. The normalized spacial score (nSPS) is 10.6. The van der Waals surface area contributed by atoms with Crippen molar-refractivity contribution in [3.63, 3.8) is 0 Å². The van der Waals surface area contributed by atoms with Gasteiger partial charge in [0.15, 0.2) is 0 Å². The van der Waals surface area contributed by atoms with Crippen LogP contribution in [-0.4, -0.2) is 9.55 Å². The quantitative estimate of drug-likeness (QED) is 0.761. The number of nitrogens with zero attached hydrogens (tertiary/aromatic N) is 2. The molecule has 0 saturated heterocycles. The second kappa shape index (κ2) is 5.44. The van der Waals surface area contributed by atoms with Crippen LogP contribution in [0, 0.1) is 20.8 Å². The maximum Gasteiger partial charge on any atom is 0.212 e. The van der Waals surface area contributed by atoms with Crippen LogP contribution < -0.4 is 5.32 Å². The average Bonchev–Trinajstić information content (AvgIpc) is 2.83. The molecular weight excluding hydrogens is 258 g/mol. The van der Waals surface area contributed by atoms with Crippen LogP contribution in [0.4, 0.5) is 11.6 Å². The SMILES string of the molecule is Cc1ccc(Nc2ncc(C)n2-c2ccc(C)cc2)cc1. The van der Waals surface area contributed by atoms with E-state index in [2.05, 4.69) is 84.2 Å². The highest BCUT2D eigenvalue weighted by molar-refractivity contribution is 5.57. The third kappa shape index (κ3) is 2.82. The molecule has 0 fully saturated rings. The summed E-state index contributed by atoms with van der Waals surface area (Å²) < 4.78 is 2.12. The van der Waals surface area contributed by atoms with E-state index in [1.807, 2.05) is 6.20 Å². The minimum absolute atomic E-state index is 0.834. The molecule has 1 heterocycles. The van der Waals surface area contributed by atoms with Crippen LogP contribution in [0.15, 0.2) is 54.7 Å². The van der Waals surface area contributed by atoms with Crippen LogP contribution in [0.25, 0.3) is 5.69 Å². The lowest BCUT2D eigenvalue weighted by Gasteiger charge is -2.12. The van der Waals surface area contributed by atoms with E-state index in [4.69, 9.17) is 0 Å². The van der Waals surface area contributed by atoms with Gasteiger partial charge in [0.2, 0.25) is 5.95 Å². The van der Waals surface area contributed by atoms with E-state index in [1.165, 1.54) is 11.1 Å². The van der Waals surface area contributed by atoms with Crippen molar-refractivity contribution in [2.24, 2.45) is 0 Å². The van der Waals surface area contributed by atoms with Gasteiger partial charge in [-0.1, -0.05) is 35.4 Å². The lowest BCUT2D eigenvalue weighted by Crippen LogP contribution is -2.03. The van der Waals surface area contributed by atoms with E-state index >= 15 is 0 Å². The monoisotopic (exact) mass is 277 g/mol. The first-order valence-corrected chi connectivity index (χ1v) is 7.08. The molecule has 0 aliphatic carbocycles. The van der Waals surface area contributed by atoms with Crippen molar-refractivity contribution in [1.29, 1.82) is 0 Å². The number of hydrogen-bond acceptors (Lipinski definition) is 2. The van der Waals surface area contributed by atoms with Crippen molar-refractivity contribution in [2.45, 2.75) is 20.8 Å². The van der Waals surface area contributed by atoms with Crippen LogP contribution >= 0.6 is 0 Å². The molecule has 0 unspecified atom stereocenters. The van der Waals surface area contributed by atoms with Crippen LogP contribution in [0.5, 0.6) is 0 Å². The number of aryl methyl sites for hydroxylation is 3. The summed E-state index contributed by atoms with van der Waals surface area (Å²) in [6.45, 7) is 6.24. The second-order valence-corrected chi connectivity index (χ2v) is 5.39. The number of imidazole rings is 1. The van der Waals surface area contributed by atoms with Gasteiger partial charge in [-0.25, -0.2) is 4.98 Å². The van der Waals surface area contributed by atoms with Crippen molar-refractivity contribution in [3.8, 4) is 5.69 Å². The van der Waals surface area contributed by atoms with Gasteiger partial charge in [-0.15, -0.1) is 0 Å². The lowest BCUT2D eigenvalue weighted by atomic mass is 10.2. The van der Waals surface area contributed by atoms with Gasteiger partial charge in [-0.2, -0.15) is 0 Å². The zero-order valence-corrected chi connectivity index (χ0v) is 12.6. The van der Waals surface area contributed by atoms with Gasteiger partial charge in [-0.05, 0) is 45.0 Å². The first kappa shape index (κ1) is 13.4. The summed E-state index contributed by atoms with van der Waals surface area (Å²) in [5.74, 6) is 0.834. The summed E-state index contributed by atoms with van der Waals surface area (Å²) in [6, 6.07) is 16.8. The molecule has 0 spiro atoms. The first-order valence-electron chi connectivity index (χ1n) is 7.08. The van der Waals surface area contributed by atoms with Crippen molar-refractivity contribution in [1.82, 2.24) is 9.55 Å². The molecule has 0 aliphatic rings. The minimum atomic E-state index is 0.834. The Morgan fingerprint density at radius 3 is 2.00 bits per heavy atom. The van der Waals surface area contributed by atoms with E-state index in [1.54, 1.807) is 0 Å². The summed E-state index contributed by atoms with van der Waals surface area (Å²) in [4.78, 5) is 4.48. The Hall–Kier alpha value is -2.55. The molecule has 3 nitrogen and oxygen atoms in total. The van der Waals surface area contributed by atoms with Gasteiger partial charge in [0.25, 0.3) is 0 Å². The summed E-state index contributed by atoms with van der Waals surface area (Å²) in [5, 5.41) is 3.39. The van der Waals surface area contributed by atoms with Crippen molar-refractivity contribution in [2.75, 3.05) is 5.32 Å². The summed E-state index contributed by atoms with van der Waals surface area (Å²) in [6.07, 6.45) is 1.89. The van der Waals surface area contributed by atoms with E-state index in [-0.39, 0.29) is 0 Å². The zero-order valence-electron chi connectivity index (χ0n) is 12.6. The first-order chi connectivity index (χ1) is 10.1. The molecule has 3 aromatic rings. The Morgan fingerprint density at radius 1 is 0.810 bits per heavy atom. The van der Waals surface area contributed by atoms with Crippen molar-refractivity contribution < 1.29 is 0 Å². The predicted molar refractivity (Wildman–Crippen MR) is 87.5 cm³/mol. The third-order valence-electron chi connectivity index (χ3n) is 3.54. The molecule has 2 aromatic carbocycles. The summed E-state index contributed by atoms with van der Waals surface area (Å²) in [5.41, 5.74) is 5.77. The fourth-order valence-corrected chi connectivity index (χ4v) is 2.31. The number of anilines is 2. The molecule has 0 radical (unpaired) electrons. The number of benzene rings is 2. The molecule has 0 atom stereocenters. The Balaban J connectivity index is 1.97. The number of aromatic nitrogens is 2. The van der Waals surface area contributed by atoms with E-state index in [0.29, 0.717) is 0 Å². The van der Waals surface area contributed by atoms with Crippen molar-refractivity contribution in [3.05, 3.63) is 71.5 Å². The average molecular weight is 277 g/mol. The van der Waals surface area contributed by atoms with Gasteiger partial charge in [0.05, 0.1) is 6.20 Å². The van der Waals surface area contributed by atoms with Gasteiger partial charge in [0, 0.05) is 17.1 Å². The van der Waals surface area contributed by atoms with E-state index in [0.717, 1.165) is 23.0 Å². The van der Waals surface area contributed by atoms with Crippen LogP contribution in [0.1, 0.15) is 16.8 Å². The Morgan fingerprint density at radius 2 is 1.38 bits per heavy atom. The fraction of sp³-hybridized carbons (Fsp3) is 0.167. The Bertz CT molecular complexity index is 737. The van der Waals surface area contributed by atoms with Crippen LogP contribution in [0.2, 0.25) is 0 Å². The zero-order chi connectivity index (χ0) is 14.8. The molecule has 1 aromatic heterocycles. The minimum Gasteiger partial charge on any atom is -0.325 e. The van der Waals surface area contributed by atoms with Crippen LogP contribution in [0.3, 0.4) is 0 Å². The molecular formula is C18H19N3. The van der Waals surface area contributed by atoms with E-state index in [9.17, 15) is 0 Å². The van der Waals surface area contributed by atoms with Gasteiger partial charge in [-0.3, -0.25) is 4.57 Å². The molecule has 0 amide bonds. The third-order valence-corrected chi connectivity index (χ3v) is 3.54.